The molecule has 0 unspecified atom stereocenters. The fourth-order valence-electron chi connectivity index (χ4n) is 2.70. The van der Waals surface area contributed by atoms with Gasteiger partial charge in [0.25, 0.3) is 0 Å². The zero-order valence-electron chi connectivity index (χ0n) is 12.7. The summed E-state index contributed by atoms with van der Waals surface area (Å²) in [4.78, 5) is 11.3. The first-order valence-electron chi connectivity index (χ1n) is 7.58. The Balaban J connectivity index is 1.44. The highest BCUT2D eigenvalue weighted by molar-refractivity contribution is 9.10. The molecule has 0 atom stereocenters. The molecule has 1 aliphatic heterocycles. The predicted molar refractivity (Wildman–Crippen MR) is 95.0 cm³/mol. The van der Waals surface area contributed by atoms with Crippen LogP contribution in [0.15, 0.2) is 53.1 Å². The summed E-state index contributed by atoms with van der Waals surface area (Å²) in [5, 5.41) is 1.16. The topological polar surface area (TPSA) is 38.2 Å². The van der Waals surface area contributed by atoms with Crippen molar-refractivity contribution in [1.29, 1.82) is 0 Å². The summed E-state index contributed by atoms with van der Waals surface area (Å²) in [5.41, 5.74) is 2.14. The molecule has 3 heterocycles. The maximum absolute atomic E-state index is 5.95. The van der Waals surface area contributed by atoms with Crippen LogP contribution >= 0.6 is 15.9 Å². The summed E-state index contributed by atoms with van der Waals surface area (Å²) in [6.45, 7) is 3.67. The van der Waals surface area contributed by atoms with E-state index in [1.807, 2.05) is 37.4 Å². The van der Waals surface area contributed by atoms with Gasteiger partial charge in [0.2, 0.25) is 5.88 Å². The van der Waals surface area contributed by atoms with Crippen molar-refractivity contribution in [2.75, 3.05) is 18.0 Å². The van der Waals surface area contributed by atoms with Crippen LogP contribution in [0.25, 0.3) is 10.9 Å². The van der Waals surface area contributed by atoms with Gasteiger partial charge in [-0.05, 0) is 52.7 Å². The zero-order chi connectivity index (χ0) is 15.8. The van der Waals surface area contributed by atoms with E-state index in [0.29, 0.717) is 5.88 Å². The summed E-state index contributed by atoms with van der Waals surface area (Å²) in [6, 6.07) is 14.4. The molecule has 3 aromatic rings. The lowest BCUT2D eigenvalue weighted by molar-refractivity contribution is 0.159. The van der Waals surface area contributed by atoms with Gasteiger partial charge in [-0.25, -0.2) is 9.97 Å². The molecule has 0 N–H and O–H groups in total. The molecule has 5 heteroatoms. The van der Waals surface area contributed by atoms with E-state index in [4.69, 9.17) is 9.72 Å². The number of aromatic nitrogens is 2. The van der Waals surface area contributed by atoms with Crippen molar-refractivity contribution in [2.45, 2.75) is 13.0 Å². The molecule has 4 rings (SSSR count). The number of nitrogens with zero attached hydrogens (tertiary/aromatic N) is 3. The van der Waals surface area contributed by atoms with E-state index < -0.39 is 0 Å². The summed E-state index contributed by atoms with van der Waals surface area (Å²) in [5.74, 6) is 1.66. The molecule has 0 aliphatic carbocycles. The quantitative estimate of drug-likeness (QED) is 0.699. The van der Waals surface area contributed by atoms with E-state index in [9.17, 15) is 0 Å². The van der Waals surface area contributed by atoms with Crippen molar-refractivity contribution in [2.24, 2.45) is 0 Å². The summed E-state index contributed by atoms with van der Waals surface area (Å²) in [6.07, 6.45) is 1.97. The lowest BCUT2D eigenvalue weighted by Gasteiger charge is -2.39. The van der Waals surface area contributed by atoms with Crippen LogP contribution in [0.4, 0.5) is 5.82 Å². The summed E-state index contributed by atoms with van der Waals surface area (Å²) >= 11 is 3.50. The van der Waals surface area contributed by atoms with Gasteiger partial charge in [0, 0.05) is 11.6 Å². The Morgan fingerprint density at radius 3 is 2.83 bits per heavy atom. The highest BCUT2D eigenvalue weighted by atomic mass is 79.9. The summed E-state index contributed by atoms with van der Waals surface area (Å²) < 4.78 is 6.85. The average Bonchev–Trinajstić information content (AvgIpc) is 2.52. The molecule has 0 radical (unpaired) electrons. The molecule has 0 spiro atoms. The molecule has 1 aromatic carbocycles. The van der Waals surface area contributed by atoms with Crippen LogP contribution in [0.2, 0.25) is 0 Å². The molecule has 0 saturated carbocycles. The largest absolute Gasteiger partial charge is 0.470 e. The number of fused-ring (bicyclic) bond motifs is 1. The second-order valence-corrected chi connectivity index (χ2v) is 6.66. The van der Waals surface area contributed by atoms with Gasteiger partial charge in [0.15, 0.2) is 0 Å². The van der Waals surface area contributed by atoms with E-state index in [1.165, 1.54) is 0 Å². The average molecular weight is 370 g/mol. The molecule has 4 nitrogen and oxygen atoms in total. The smallest absolute Gasteiger partial charge is 0.228 e. The van der Waals surface area contributed by atoms with Crippen LogP contribution in [-0.4, -0.2) is 29.2 Å². The molecule has 1 aliphatic rings. The van der Waals surface area contributed by atoms with Gasteiger partial charge in [-0.3, -0.25) is 0 Å². The van der Waals surface area contributed by atoms with Crippen LogP contribution in [0.1, 0.15) is 5.56 Å². The van der Waals surface area contributed by atoms with Crippen LogP contribution in [0.5, 0.6) is 5.88 Å². The Hall–Kier alpha value is -2.14. The van der Waals surface area contributed by atoms with E-state index in [0.717, 1.165) is 39.8 Å². The highest BCUT2D eigenvalue weighted by Crippen LogP contribution is 2.28. The number of hydrogen-bond donors (Lipinski definition) is 0. The van der Waals surface area contributed by atoms with Crippen molar-refractivity contribution in [3.05, 3.63) is 58.7 Å². The minimum absolute atomic E-state index is 0.148. The molecule has 0 bridgehead atoms. The number of ether oxygens (including phenoxy) is 1. The fraction of sp³-hybridized carbons (Fsp3) is 0.222. The third-order valence-corrected chi connectivity index (χ3v) is 4.55. The number of rotatable bonds is 3. The van der Waals surface area contributed by atoms with Crippen LogP contribution in [-0.2, 0) is 0 Å². The molecule has 0 amide bonds. The second kappa shape index (κ2) is 5.81. The van der Waals surface area contributed by atoms with Crippen molar-refractivity contribution >= 4 is 32.7 Å². The normalized spacial score (nSPS) is 14.8. The maximum Gasteiger partial charge on any atom is 0.228 e. The molecule has 1 fully saturated rings. The van der Waals surface area contributed by atoms with E-state index in [2.05, 4.69) is 44.0 Å². The number of aryl methyl sites for hydroxylation is 1. The van der Waals surface area contributed by atoms with Crippen molar-refractivity contribution in [1.82, 2.24) is 9.97 Å². The van der Waals surface area contributed by atoms with Gasteiger partial charge in [0.05, 0.1) is 23.1 Å². The highest BCUT2D eigenvalue weighted by Gasteiger charge is 2.30. The van der Waals surface area contributed by atoms with Crippen LogP contribution in [0, 0.1) is 6.92 Å². The van der Waals surface area contributed by atoms with Gasteiger partial charge >= 0.3 is 0 Å². The van der Waals surface area contributed by atoms with Gasteiger partial charge < -0.3 is 9.64 Å². The van der Waals surface area contributed by atoms with Crippen LogP contribution < -0.4 is 9.64 Å². The van der Waals surface area contributed by atoms with E-state index in [-0.39, 0.29) is 6.10 Å². The molecular formula is C18H16BrN3O. The molecule has 23 heavy (non-hydrogen) atoms. The Labute approximate surface area is 143 Å². The third kappa shape index (κ3) is 2.88. The van der Waals surface area contributed by atoms with Crippen molar-refractivity contribution in [3.8, 4) is 5.88 Å². The first kappa shape index (κ1) is 14.5. The molecule has 116 valence electrons. The summed E-state index contributed by atoms with van der Waals surface area (Å²) in [7, 11) is 0. The Morgan fingerprint density at radius 2 is 2.00 bits per heavy atom. The van der Waals surface area contributed by atoms with Gasteiger partial charge in [-0.2, -0.15) is 0 Å². The lowest BCUT2D eigenvalue weighted by Crippen LogP contribution is -2.54. The number of hydrogen-bond acceptors (Lipinski definition) is 4. The number of benzene rings is 1. The minimum Gasteiger partial charge on any atom is -0.470 e. The first-order valence-corrected chi connectivity index (χ1v) is 8.38. The number of para-hydroxylation sites is 1. The van der Waals surface area contributed by atoms with Crippen molar-refractivity contribution < 1.29 is 4.74 Å². The van der Waals surface area contributed by atoms with E-state index in [1.54, 1.807) is 0 Å². The monoisotopic (exact) mass is 369 g/mol. The fourth-order valence-corrected chi connectivity index (χ4v) is 3.25. The van der Waals surface area contributed by atoms with Gasteiger partial charge in [-0.1, -0.05) is 18.2 Å². The Morgan fingerprint density at radius 1 is 1.17 bits per heavy atom. The Kier molecular flexibility index (Phi) is 3.65. The molecular weight excluding hydrogens is 354 g/mol. The van der Waals surface area contributed by atoms with Gasteiger partial charge in [-0.15, -0.1) is 0 Å². The van der Waals surface area contributed by atoms with E-state index >= 15 is 0 Å². The second-order valence-electron chi connectivity index (χ2n) is 5.81. The standard InChI is InChI=1S/C18H16BrN3O/c1-12-8-15(19)18(20-9-12)23-14-10-22(11-14)17-7-6-13-4-2-3-5-16(13)21-17/h2-9,14H,10-11H2,1H3. The maximum atomic E-state index is 5.95. The molecule has 1 saturated heterocycles. The zero-order valence-corrected chi connectivity index (χ0v) is 14.3. The SMILES string of the molecule is Cc1cnc(OC2CN(c3ccc4ccccc4n3)C2)c(Br)c1. The number of halogens is 1. The number of anilines is 1. The first-order chi connectivity index (χ1) is 11.2. The molecule has 2 aromatic heterocycles. The van der Waals surface area contributed by atoms with Crippen molar-refractivity contribution in [3.63, 3.8) is 0 Å². The van der Waals surface area contributed by atoms with Crippen LogP contribution in [0.3, 0.4) is 0 Å². The Bertz CT molecular complexity index is 862. The third-order valence-electron chi connectivity index (χ3n) is 3.98. The lowest BCUT2D eigenvalue weighted by atomic mass is 10.1. The number of pyridine rings is 2. The minimum atomic E-state index is 0.148. The predicted octanol–water partition coefficient (Wildman–Crippen LogP) is 3.97. The van der Waals surface area contributed by atoms with Gasteiger partial charge in [0.1, 0.15) is 11.9 Å².